The second-order valence-corrected chi connectivity index (χ2v) is 12.1. The van der Waals surface area contributed by atoms with Gasteiger partial charge in [0.05, 0.1) is 22.7 Å². The molecule has 1 N–H and O–H groups in total. The highest BCUT2D eigenvalue weighted by molar-refractivity contribution is 7.89. The van der Waals surface area contributed by atoms with E-state index in [1.807, 2.05) is 10.7 Å². The molecule has 0 atom stereocenters. The first-order chi connectivity index (χ1) is 18.2. The van der Waals surface area contributed by atoms with E-state index in [-0.39, 0.29) is 11.5 Å². The number of carboxylic acids is 1. The normalized spacial score (nSPS) is 15.0. The van der Waals surface area contributed by atoms with Crippen molar-refractivity contribution in [3.63, 3.8) is 0 Å². The second-order valence-electron chi connectivity index (χ2n) is 9.26. The molecule has 7 nitrogen and oxygen atoms in total. The van der Waals surface area contributed by atoms with Crippen molar-refractivity contribution >= 4 is 39.2 Å². The van der Waals surface area contributed by atoms with Gasteiger partial charge in [-0.25, -0.2) is 13.2 Å². The summed E-state index contributed by atoms with van der Waals surface area (Å²) in [6, 6.07) is 22.5. The van der Waals surface area contributed by atoms with E-state index in [1.165, 1.54) is 0 Å². The number of aromatic nitrogens is 2. The zero-order chi connectivity index (χ0) is 26.9. The number of benzene rings is 3. The molecule has 1 aliphatic heterocycles. The number of piperidine rings is 1. The van der Waals surface area contributed by atoms with Crippen LogP contribution in [-0.2, 0) is 16.6 Å². The Morgan fingerprint density at radius 3 is 2.16 bits per heavy atom. The molecule has 1 aliphatic rings. The third-order valence-electron chi connectivity index (χ3n) is 6.76. The van der Waals surface area contributed by atoms with Crippen LogP contribution in [0.3, 0.4) is 0 Å². The maximum Gasteiger partial charge on any atom is 0.335 e. The number of hydrogen-bond acceptors (Lipinski definition) is 4. The maximum atomic E-state index is 13.1. The van der Waals surface area contributed by atoms with Gasteiger partial charge in [0.25, 0.3) is 0 Å². The van der Waals surface area contributed by atoms with Crippen LogP contribution in [0.5, 0.6) is 0 Å². The summed E-state index contributed by atoms with van der Waals surface area (Å²) in [5.74, 6) is -0.889. The van der Waals surface area contributed by atoms with Gasteiger partial charge in [-0.15, -0.1) is 0 Å². The van der Waals surface area contributed by atoms with Crippen LogP contribution < -0.4 is 0 Å². The van der Waals surface area contributed by atoms with Crippen molar-refractivity contribution in [1.29, 1.82) is 0 Å². The van der Waals surface area contributed by atoms with E-state index in [0.717, 1.165) is 16.8 Å². The predicted molar refractivity (Wildman–Crippen MR) is 147 cm³/mol. The molecule has 0 radical (unpaired) electrons. The van der Waals surface area contributed by atoms with E-state index in [1.54, 1.807) is 77.1 Å². The van der Waals surface area contributed by atoms with Gasteiger partial charge in [-0.1, -0.05) is 53.5 Å². The Kier molecular flexibility index (Phi) is 7.59. The van der Waals surface area contributed by atoms with Crippen molar-refractivity contribution in [2.45, 2.75) is 30.2 Å². The molecule has 5 rings (SSSR count). The third-order valence-corrected chi connectivity index (χ3v) is 9.11. The van der Waals surface area contributed by atoms with Gasteiger partial charge in [0, 0.05) is 40.3 Å². The van der Waals surface area contributed by atoms with E-state index in [4.69, 9.17) is 28.3 Å². The van der Waals surface area contributed by atoms with Gasteiger partial charge >= 0.3 is 5.97 Å². The number of carbonyl (C=O) groups is 1. The summed E-state index contributed by atoms with van der Waals surface area (Å²) in [5.41, 5.74) is 3.60. The van der Waals surface area contributed by atoms with Gasteiger partial charge in [0.2, 0.25) is 10.0 Å². The molecule has 1 saturated heterocycles. The van der Waals surface area contributed by atoms with Crippen LogP contribution in [0, 0.1) is 0 Å². The van der Waals surface area contributed by atoms with Crippen molar-refractivity contribution in [2.75, 3.05) is 13.1 Å². The molecule has 2 heterocycles. The van der Waals surface area contributed by atoms with E-state index in [2.05, 4.69) is 0 Å². The largest absolute Gasteiger partial charge is 0.478 e. The minimum absolute atomic E-state index is 0.0893. The average molecular weight is 570 g/mol. The summed E-state index contributed by atoms with van der Waals surface area (Å²) < 4.78 is 29.7. The highest BCUT2D eigenvalue weighted by atomic mass is 35.5. The summed E-state index contributed by atoms with van der Waals surface area (Å²) in [6.45, 7) is 1.24. The first-order valence-corrected chi connectivity index (χ1v) is 14.3. The van der Waals surface area contributed by atoms with Crippen LogP contribution in [-0.4, -0.2) is 46.7 Å². The van der Waals surface area contributed by atoms with Crippen LogP contribution in [0.15, 0.2) is 83.8 Å². The Labute approximate surface area is 231 Å². The SMILES string of the molecule is O=C(O)c1ccc(Cn2nc(-c3cc(Cl)cc(Cl)c3)cc2C2CCN(S(=O)(=O)c3ccccc3)CC2)cc1. The van der Waals surface area contributed by atoms with Gasteiger partial charge in [-0.2, -0.15) is 9.40 Å². The minimum Gasteiger partial charge on any atom is -0.478 e. The molecule has 10 heteroatoms. The van der Waals surface area contributed by atoms with Crippen molar-refractivity contribution in [3.8, 4) is 11.3 Å². The van der Waals surface area contributed by atoms with Crippen LogP contribution in [0.25, 0.3) is 11.3 Å². The zero-order valence-electron chi connectivity index (χ0n) is 20.3. The van der Waals surface area contributed by atoms with Gasteiger partial charge in [-0.3, -0.25) is 4.68 Å². The molecule has 0 saturated carbocycles. The van der Waals surface area contributed by atoms with Crippen molar-refractivity contribution in [1.82, 2.24) is 14.1 Å². The summed E-state index contributed by atoms with van der Waals surface area (Å²) in [6.07, 6.45) is 1.29. The van der Waals surface area contributed by atoms with Crippen LogP contribution in [0.2, 0.25) is 10.0 Å². The third kappa shape index (κ3) is 5.63. The summed E-state index contributed by atoms with van der Waals surface area (Å²) in [4.78, 5) is 11.5. The Morgan fingerprint density at radius 1 is 0.921 bits per heavy atom. The number of rotatable bonds is 7. The van der Waals surface area contributed by atoms with Gasteiger partial charge in [0.1, 0.15) is 0 Å². The molecule has 1 fully saturated rings. The molecule has 0 amide bonds. The summed E-state index contributed by atoms with van der Waals surface area (Å²) >= 11 is 12.5. The Balaban J connectivity index is 1.43. The topological polar surface area (TPSA) is 92.5 Å². The number of nitrogens with zero attached hydrogens (tertiary/aromatic N) is 3. The van der Waals surface area contributed by atoms with Gasteiger partial charge < -0.3 is 5.11 Å². The molecule has 1 aromatic heterocycles. The lowest BCUT2D eigenvalue weighted by molar-refractivity contribution is 0.0697. The lowest BCUT2D eigenvalue weighted by atomic mass is 9.93. The molecule has 38 heavy (non-hydrogen) atoms. The van der Waals surface area contributed by atoms with E-state index in [0.29, 0.717) is 53.1 Å². The molecule has 196 valence electrons. The van der Waals surface area contributed by atoms with Gasteiger partial charge in [-0.05, 0) is 66.9 Å². The van der Waals surface area contributed by atoms with E-state index >= 15 is 0 Å². The fourth-order valence-electron chi connectivity index (χ4n) is 4.79. The molecule has 0 unspecified atom stereocenters. The fourth-order valence-corrected chi connectivity index (χ4v) is 6.81. The highest BCUT2D eigenvalue weighted by Gasteiger charge is 2.31. The maximum absolute atomic E-state index is 13.1. The van der Waals surface area contributed by atoms with Crippen LogP contribution in [0.4, 0.5) is 0 Å². The minimum atomic E-state index is -3.55. The van der Waals surface area contributed by atoms with Crippen molar-refractivity contribution in [3.05, 3.63) is 106 Å². The lowest BCUT2D eigenvalue weighted by Gasteiger charge is -2.31. The number of halogens is 2. The number of aromatic carboxylic acids is 1. The van der Waals surface area contributed by atoms with Crippen LogP contribution >= 0.6 is 23.2 Å². The van der Waals surface area contributed by atoms with E-state index < -0.39 is 16.0 Å². The first-order valence-electron chi connectivity index (χ1n) is 12.1. The van der Waals surface area contributed by atoms with E-state index in [9.17, 15) is 18.3 Å². The Hall–Kier alpha value is -3.17. The lowest BCUT2D eigenvalue weighted by Crippen LogP contribution is -2.38. The Bertz CT molecular complexity index is 1540. The molecule has 0 aliphatic carbocycles. The molecule has 0 bridgehead atoms. The van der Waals surface area contributed by atoms with Crippen molar-refractivity contribution < 1.29 is 18.3 Å². The quantitative estimate of drug-likeness (QED) is 0.287. The average Bonchev–Trinajstić information content (AvgIpc) is 3.33. The monoisotopic (exact) mass is 569 g/mol. The number of sulfonamides is 1. The highest BCUT2D eigenvalue weighted by Crippen LogP contribution is 2.34. The Morgan fingerprint density at radius 2 is 1.55 bits per heavy atom. The molecule has 0 spiro atoms. The van der Waals surface area contributed by atoms with Crippen molar-refractivity contribution in [2.24, 2.45) is 0 Å². The number of hydrogen-bond donors (Lipinski definition) is 1. The molecule has 3 aromatic carbocycles. The molecular weight excluding hydrogens is 545 g/mol. The predicted octanol–water partition coefficient (Wildman–Crippen LogP) is 6.17. The smallest absolute Gasteiger partial charge is 0.335 e. The summed E-state index contributed by atoms with van der Waals surface area (Å²) in [7, 11) is -3.55. The molecular formula is C28H25Cl2N3O4S. The zero-order valence-corrected chi connectivity index (χ0v) is 22.6. The standard InChI is InChI=1S/C28H25Cl2N3O4S/c29-23-14-22(15-24(30)16-23)26-17-27(33(31-26)18-19-6-8-21(9-7-19)28(34)35)20-10-12-32(13-11-20)38(36,37)25-4-2-1-3-5-25/h1-9,14-17,20H,10-13,18H2,(H,34,35). The fraction of sp³-hybridized carbons (Fsp3) is 0.214. The van der Waals surface area contributed by atoms with Gasteiger partial charge in [0.15, 0.2) is 0 Å². The van der Waals surface area contributed by atoms with Crippen LogP contribution in [0.1, 0.15) is 40.4 Å². The molecule has 4 aromatic rings. The summed E-state index contributed by atoms with van der Waals surface area (Å²) in [5, 5.41) is 15.1. The number of carboxylic acid groups (broad SMARTS) is 1. The second kappa shape index (κ2) is 10.9. The first kappa shape index (κ1) is 26.4.